The Morgan fingerprint density at radius 3 is 2.62 bits per heavy atom. The van der Waals surface area contributed by atoms with Gasteiger partial charge in [0.2, 0.25) is 0 Å². The van der Waals surface area contributed by atoms with Crippen molar-refractivity contribution in [2.45, 2.75) is 84.7 Å². The maximum atomic E-state index is 10.0. The summed E-state index contributed by atoms with van der Waals surface area (Å²) in [6.45, 7) is 8.79. The second kappa shape index (κ2) is 8.60. The summed E-state index contributed by atoms with van der Waals surface area (Å²) in [6.07, 6.45) is 11.7. The Hall–Kier alpha value is -1.44. The van der Waals surface area contributed by atoms with Crippen molar-refractivity contribution in [2.75, 3.05) is 0 Å². The van der Waals surface area contributed by atoms with E-state index in [1.807, 2.05) is 6.07 Å². The Labute approximate surface area is 147 Å². The lowest BCUT2D eigenvalue weighted by atomic mass is 9.79. The number of phenolic OH excluding ortho intramolecular Hbond substituents is 1. The summed E-state index contributed by atoms with van der Waals surface area (Å²) in [5.41, 5.74) is 2.45. The molecule has 1 aliphatic carbocycles. The topological polar surface area (TPSA) is 29.5 Å². The van der Waals surface area contributed by atoms with Gasteiger partial charge in [-0.3, -0.25) is 0 Å². The lowest BCUT2D eigenvalue weighted by Gasteiger charge is -2.36. The van der Waals surface area contributed by atoms with Crippen molar-refractivity contribution in [3.05, 3.63) is 35.4 Å². The molecular formula is C22H34O2. The average molecular weight is 331 g/mol. The largest absolute Gasteiger partial charge is 0.508 e. The van der Waals surface area contributed by atoms with E-state index >= 15 is 0 Å². The van der Waals surface area contributed by atoms with Crippen LogP contribution in [-0.2, 0) is 6.42 Å². The molecule has 1 aromatic rings. The summed E-state index contributed by atoms with van der Waals surface area (Å²) in [6, 6.07) is 5.73. The molecule has 2 rings (SSSR count). The van der Waals surface area contributed by atoms with Crippen molar-refractivity contribution < 1.29 is 9.84 Å². The van der Waals surface area contributed by atoms with E-state index in [1.54, 1.807) is 6.07 Å². The van der Waals surface area contributed by atoms with Crippen LogP contribution in [-0.4, -0.2) is 10.7 Å². The van der Waals surface area contributed by atoms with Crippen molar-refractivity contribution in [3.8, 4) is 11.5 Å². The molecule has 0 saturated heterocycles. The van der Waals surface area contributed by atoms with Crippen LogP contribution in [0.25, 0.3) is 0 Å². The molecule has 0 saturated carbocycles. The van der Waals surface area contributed by atoms with Crippen LogP contribution in [0.4, 0.5) is 0 Å². The van der Waals surface area contributed by atoms with Gasteiger partial charge in [0.15, 0.2) is 0 Å². The number of rotatable bonds is 8. The summed E-state index contributed by atoms with van der Waals surface area (Å²) in [4.78, 5) is 0. The van der Waals surface area contributed by atoms with Crippen LogP contribution in [0.1, 0.15) is 78.2 Å². The Morgan fingerprint density at radius 1 is 1.17 bits per heavy atom. The fourth-order valence-electron chi connectivity index (χ4n) is 3.59. The Morgan fingerprint density at radius 2 is 1.96 bits per heavy atom. The van der Waals surface area contributed by atoms with E-state index in [0.29, 0.717) is 11.7 Å². The Kier molecular flexibility index (Phi) is 6.77. The summed E-state index contributed by atoms with van der Waals surface area (Å²) in [5.74, 6) is 1.64. The molecule has 0 amide bonds. The van der Waals surface area contributed by atoms with Crippen LogP contribution >= 0.6 is 0 Å². The summed E-state index contributed by atoms with van der Waals surface area (Å²) < 4.78 is 6.34. The van der Waals surface area contributed by atoms with E-state index in [4.69, 9.17) is 4.74 Å². The van der Waals surface area contributed by atoms with E-state index in [1.165, 1.54) is 49.7 Å². The predicted molar refractivity (Wildman–Crippen MR) is 102 cm³/mol. The number of allylic oxidation sites excluding steroid dienone is 2. The van der Waals surface area contributed by atoms with Crippen LogP contribution < -0.4 is 4.74 Å². The van der Waals surface area contributed by atoms with Crippen LogP contribution in [0, 0.1) is 5.92 Å². The highest BCUT2D eigenvalue weighted by molar-refractivity contribution is 5.38. The molecule has 1 aromatic carbocycles. The van der Waals surface area contributed by atoms with Crippen molar-refractivity contribution in [1.29, 1.82) is 0 Å². The minimum atomic E-state index is -0.218. The SMILES string of the molecule is CCCCCCc1cc(O)cc(OC(C)(C)C2CC=C(C)CC2)c1. The van der Waals surface area contributed by atoms with Gasteiger partial charge in [0.25, 0.3) is 0 Å². The Bertz CT molecular complexity index is 557. The molecule has 0 radical (unpaired) electrons. The number of unbranched alkanes of at least 4 members (excludes halogenated alkanes) is 3. The number of hydrogen-bond acceptors (Lipinski definition) is 2. The molecule has 0 aliphatic heterocycles. The minimum absolute atomic E-state index is 0.218. The van der Waals surface area contributed by atoms with Crippen molar-refractivity contribution >= 4 is 0 Å². The first-order chi connectivity index (χ1) is 11.4. The molecule has 2 heteroatoms. The van der Waals surface area contributed by atoms with Gasteiger partial charge in [0, 0.05) is 12.0 Å². The summed E-state index contributed by atoms with van der Waals surface area (Å²) in [7, 11) is 0. The predicted octanol–water partition coefficient (Wildman–Crippen LogP) is 6.42. The first-order valence-corrected chi connectivity index (χ1v) is 9.58. The van der Waals surface area contributed by atoms with E-state index in [-0.39, 0.29) is 5.60 Å². The highest BCUT2D eigenvalue weighted by atomic mass is 16.5. The maximum absolute atomic E-state index is 10.0. The molecule has 24 heavy (non-hydrogen) atoms. The van der Waals surface area contributed by atoms with Gasteiger partial charge in [-0.25, -0.2) is 0 Å². The van der Waals surface area contributed by atoms with E-state index < -0.39 is 0 Å². The minimum Gasteiger partial charge on any atom is -0.508 e. The number of benzene rings is 1. The van der Waals surface area contributed by atoms with Crippen LogP contribution in [0.3, 0.4) is 0 Å². The number of hydrogen-bond donors (Lipinski definition) is 1. The second-order valence-corrected chi connectivity index (χ2v) is 7.87. The van der Waals surface area contributed by atoms with Gasteiger partial charge in [0.05, 0.1) is 0 Å². The zero-order chi connectivity index (χ0) is 17.6. The lowest BCUT2D eigenvalue weighted by Crippen LogP contribution is -2.38. The van der Waals surface area contributed by atoms with Gasteiger partial charge in [0.1, 0.15) is 17.1 Å². The molecular weight excluding hydrogens is 296 g/mol. The van der Waals surface area contributed by atoms with Gasteiger partial charge in [-0.2, -0.15) is 0 Å². The molecule has 1 N–H and O–H groups in total. The van der Waals surface area contributed by atoms with Gasteiger partial charge in [-0.05, 0) is 70.6 Å². The number of phenols is 1. The average Bonchev–Trinajstić information content (AvgIpc) is 2.51. The monoisotopic (exact) mass is 330 g/mol. The molecule has 1 unspecified atom stereocenters. The van der Waals surface area contributed by atoms with Gasteiger partial charge in [-0.1, -0.05) is 37.8 Å². The quantitative estimate of drug-likeness (QED) is 0.440. The zero-order valence-corrected chi connectivity index (χ0v) is 15.9. The zero-order valence-electron chi connectivity index (χ0n) is 15.9. The molecule has 2 nitrogen and oxygen atoms in total. The summed E-state index contributed by atoms with van der Waals surface area (Å²) >= 11 is 0. The van der Waals surface area contributed by atoms with E-state index in [2.05, 4.69) is 39.8 Å². The van der Waals surface area contributed by atoms with Crippen LogP contribution in [0.2, 0.25) is 0 Å². The normalized spacial score (nSPS) is 18.3. The first kappa shape index (κ1) is 18.9. The van der Waals surface area contributed by atoms with E-state index in [0.717, 1.165) is 18.6 Å². The van der Waals surface area contributed by atoms with Crippen molar-refractivity contribution in [1.82, 2.24) is 0 Å². The molecule has 0 bridgehead atoms. The lowest BCUT2D eigenvalue weighted by molar-refractivity contribution is 0.0381. The molecule has 134 valence electrons. The maximum Gasteiger partial charge on any atom is 0.124 e. The highest BCUT2D eigenvalue weighted by Gasteiger charge is 2.32. The summed E-state index contributed by atoms with van der Waals surface area (Å²) in [5, 5.41) is 10.0. The van der Waals surface area contributed by atoms with E-state index in [9.17, 15) is 5.11 Å². The fraction of sp³-hybridized carbons (Fsp3) is 0.636. The van der Waals surface area contributed by atoms with Crippen LogP contribution in [0.15, 0.2) is 29.8 Å². The third kappa shape index (κ3) is 5.58. The number of aromatic hydroxyl groups is 1. The van der Waals surface area contributed by atoms with Crippen LogP contribution in [0.5, 0.6) is 11.5 Å². The van der Waals surface area contributed by atoms with Gasteiger partial charge >= 0.3 is 0 Å². The molecule has 1 aliphatic rings. The smallest absolute Gasteiger partial charge is 0.124 e. The third-order valence-corrected chi connectivity index (χ3v) is 5.27. The van der Waals surface area contributed by atoms with Crippen molar-refractivity contribution in [2.24, 2.45) is 5.92 Å². The number of aryl methyl sites for hydroxylation is 1. The van der Waals surface area contributed by atoms with Crippen molar-refractivity contribution in [3.63, 3.8) is 0 Å². The molecule has 0 fully saturated rings. The standard InChI is InChI=1S/C22H34O2/c1-5-6-7-8-9-18-14-20(23)16-21(15-18)24-22(3,4)19-12-10-17(2)11-13-19/h10,14-16,19,23H,5-9,11-13H2,1-4H3. The number of ether oxygens (including phenoxy) is 1. The molecule has 0 heterocycles. The van der Waals surface area contributed by atoms with Gasteiger partial charge in [-0.15, -0.1) is 0 Å². The van der Waals surface area contributed by atoms with Gasteiger partial charge < -0.3 is 9.84 Å². The fourth-order valence-corrected chi connectivity index (χ4v) is 3.59. The Balaban J connectivity index is 2.01. The molecule has 0 aromatic heterocycles. The highest BCUT2D eigenvalue weighted by Crippen LogP contribution is 2.36. The first-order valence-electron chi connectivity index (χ1n) is 9.58. The third-order valence-electron chi connectivity index (χ3n) is 5.27. The molecule has 0 spiro atoms. The molecule has 1 atom stereocenters. The second-order valence-electron chi connectivity index (χ2n) is 7.87.